The lowest BCUT2D eigenvalue weighted by Gasteiger charge is -2.36. The number of sulfonamides is 1. The number of para-hydroxylation sites is 1. The van der Waals surface area contributed by atoms with Gasteiger partial charge < -0.3 is 10.1 Å². The van der Waals surface area contributed by atoms with Gasteiger partial charge in [-0.05, 0) is 45.9 Å². The molecular formula is C14H22N2O3S. The quantitative estimate of drug-likeness (QED) is 0.892. The van der Waals surface area contributed by atoms with E-state index < -0.39 is 10.0 Å². The summed E-state index contributed by atoms with van der Waals surface area (Å²) in [7, 11) is -2.03. The summed E-state index contributed by atoms with van der Waals surface area (Å²) < 4.78 is 32.1. The van der Waals surface area contributed by atoms with E-state index in [1.807, 2.05) is 6.07 Å². The Kier molecular flexibility index (Phi) is 4.36. The molecule has 1 aliphatic rings. The highest BCUT2D eigenvalue weighted by Gasteiger charge is 2.29. The average Bonchev–Trinajstić information content (AvgIpc) is 2.38. The second-order valence-corrected chi connectivity index (χ2v) is 7.50. The van der Waals surface area contributed by atoms with Crippen LogP contribution in [-0.2, 0) is 14.8 Å². The van der Waals surface area contributed by atoms with Crippen LogP contribution in [0.1, 0.15) is 26.7 Å². The Balaban J connectivity index is 2.22. The molecule has 0 aromatic heterocycles. The third-order valence-corrected chi connectivity index (χ3v) is 4.97. The third-order valence-electron chi connectivity index (χ3n) is 3.50. The lowest BCUT2D eigenvalue weighted by Crippen LogP contribution is -2.40. The van der Waals surface area contributed by atoms with Gasteiger partial charge in [-0.25, -0.2) is 13.1 Å². The summed E-state index contributed by atoms with van der Waals surface area (Å²) in [5.74, 6) is 0. The minimum absolute atomic E-state index is 0.174. The second-order valence-electron chi connectivity index (χ2n) is 5.65. The third kappa shape index (κ3) is 3.50. The molecule has 1 saturated heterocycles. The van der Waals surface area contributed by atoms with Gasteiger partial charge in [0.25, 0.3) is 0 Å². The van der Waals surface area contributed by atoms with Crippen molar-refractivity contribution in [2.75, 3.05) is 19.0 Å². The normalized spacial score (nSPS) is 22.4. The summed E-state index contributed by atoms with van der Waals surface area (Å²) in [5.41, 5.74) is 0.469. The van der Waals surface area contributed by atoms with Gasteiger partial charge in [-0.2, -0.15) is 0 Å². The maximum atomic E-state index is 12.0. The zero-order valence-corrected chi connectivity index (χ0v) is 13.0. The molecule has 0 aliphatic carbocycles. The maximum Gasteiger partial charge on any atom is 0.242 e. The smallest absolute Gasteiger partial charge is 0.242 e. The van der Waals surface area contributed by atoms with E-state index in [-0.39, 0.29) is 16.5 Å². The Morgan fingerprint density at radius 3 is 2.65 bits per heavy atom. The van der Waals surface area contributed by atoms with E-state index in [0.717, 1.165) is 12.8 Å². The van der Waals surface area contributed by atoms with Gasteiger partial charge in [-0.15, -0.1) is 0 Å². The van der Waals surface area contributed by atoms with Crippen molar-refractivity contribution in [2.24, 2.45) is 0 Å². The molecule has 1 aromatic carbocycles. The standard InChI is InChI=1S/C14H22N2O3S/c1-14(2)10-11(8-9-19-14)16-12-6-4-5-7-13(12)20(17,18)15-3/h4-7,11,15-16H,8-10H2,1-3H3. The molecule has 0 amide bonds. The molecule has 6 heteroatoms. The molecule has 1 fully saturated rings. The van der Waals surface area contributed by atoms with Crippen LogP contribution in [-0.4, -0.2) is 33.7 Å². The molecule has 20 heavy (non-hydrogen) atoms. The van der Waals surface area contributed by atoms with Crippen molar-refractivity contribution < 1.29 is 13.2 Å². The highest BCUT2D eigenvalue weighted by molar-refractivity contribution is 7.89. The van der Waals surface area contributed by atoms with Crippen LogP contribution in [0.5, 0.6) is 0 Å². The van der Waals surface area contributed by atoms with Gasteiger partial charge in [0.15, 0.2) is 0 Å². The molecule has 0 bridgehead atoms. The van der Waals surface area contributed by atoms with Gasteiger partial charge in [0.05, 0.1) is 11.3 Å². The first-order valence-corrected chi connectivity index (χ1v) is 8.25. The molecule has 0 radical (unpaired) electrons. The number of nitrogens with one attached hydrogen (secondary N) is 2. The number of ether oxygens (including phenoxy) is 1. The van der Waals surface area contributed by atoms with E-state index >= 15 is 0 Å². The maximum absolute atomic E-state index is 12.0. The second kappa shape index (κ2) is 5.71. The van der Waals surface area contributed by atoms with Crippen LogP contribution in [0.4, 0.5) is 5.69 Å². The molecule has 2 N–H and O–H groups in total. The molecule has 0 spiro atoms. The number of benzene rings is 1. The summed E-state index contributed by atoms with van der Waals surface area (Å²) in [4.78, 5) is 0.284. The summed E-state index contributed by atoms with van der Waals surface area (Å²) >= 11 is 0. The number of hydrogen-bond donors (Lipinski definition) is 2. The summed E-state index contributed by atoms with van der Waals surface area (Å²) in [5, 5.41) is 3.35. The molecule has 1 atom stereocenters. The van der Waals surface area contributed by atoms with Crippen molar-refractivity contribution in [3.05, 3.63) is 24.3 Å². The number of hydrogen-bond acceptors (Lipinski definition) is 4. The van der Waals surface area contributed by atoms with E-state index in [4.69, 9.17) is 4.74 Å². The van der Waals surface area contributed by atoms with Crippen LogP contribution in [0.3, 0.4) is 0 Å². The highest BCUT2D eigenvalue weighted by Crippen LogP contribution is 2.28. The summed E-state index contributed by atoms with van der Waals surface area (Å²) in [6.07, 6.45) is 1.72. The van der Waals surface area contributed by atoms with Crippen LogP contribution in [0.2, 0.25) is 0 Å². The predicted molar refractivity (Wildman–Crippen MR) is 79.4 cm³/mol. The first-order chi connectivity index (χ1) is 9.34. The molecule has 0 saturated carbocycles. The Bertz CT molecular complexity index is 570. The van der Waals surface area contributed by atoms with E-state index in [1.54, 1.807) is 18.2 Å². The number of anilines is 1. The van der Waals surface area contributed by atoms with E-state index in [2.05, 4.69) is 23.9 Å². The van der Waals surface area contributed by atoms with Crippen LogP contribution in [0.15, 0.2) is 29.2 Å². The molecular weight excluding hydrogens is 276 g/mol. The zero-order valence-electron chi connectivity index (χ0n) is 12.1. The molecule has 2 rings (SSSR count). The minimum atomic E-state index is -3.45. The van der Waals surface area contributed by atoms with Crippen molar-refractivity contribution in [2.45, 2.75) is 43.2 Å². The van der Waals surface area contributed by atoms with Gasteiger partial charge in [0.1, 0.15) is 4.90 Å². The Labute approximate surface area is 120 Å². The summed E-state index contributed by atoms with van der Waals surface area (Å²) in [6, 6.07) is 7.18. The first kappa shape index (κ1) is 15.3. The van der Waals surface area contributed by atoms with Crippen molar-refractivity contribution in [3.8, 4) is 0 Å². The minimum Gasteiger partial charge on any atom is -0.381 e. The van der Waals surface area contributed by atoms with Gasteiger partial charge in [0, 0.05) is 12.6 Å². The van der Waals surface area contributed by atoms with Crippen molar-refractivity contribution in [3.63, 3.8) is 0 Å². The van der Waals surface area contributed by atoms with Gasteiger partial charge in [0.2, 0.25) is 10.0 Å². The Morgan fingerprint density at radius 1 is 1.30 bits per heavy atom. The lowest BCUT2D eigenvalue weighted by atomic mass is 9.94. The van der Waals surface area contributed by atoms with Crippen molar-refractivity contribution in [1.29, 1.82) is 0 Å². The highest BCUT2D eigenvalue weighted by atomic mass is 32.2. The Hall–Kier alpha value is -1.11. The fourth-order valence-corrected chi connectivity index (χ4v) is 3.40. The average molecular weight is 298 g/mol. The van der Waals surface area contributed by atoms with Crippen molar-refractivity contribution in [1.82, 2.24) is 4.72 Å². The van der Waals surface area contributed by atoms with Gasteiger partial charge >= 0.3 is 0 Å². The number of rotatable bonds is 4. The fourth-order valence-electron chi connectivity index (χ4n) is 2.51. The lowest BCUT2D eigenvalue weighted by molar-refractivity contribution is -0.0553. The molecule has 1 aromatic rings. The molecule has 1 unspecified atom stereocenters. The monoisotopic (exact) mass is 298 g/mol. The Morgan fingerprint density at radius 2 is 2.00 bits per heavy atom. The van der Waals surface area contributed by atoms with Crippen LogP contribution in [0.25, 0.3) is 0 Å². The topological polar surface area (TPSA) is 67.4 Å². The van der Waals surface area contributed by atoms with Crippen LogP contribution < -0.4 is 10.0 Å². The van der Waals surface area contributed by atoms with Crippen LogP contribution >= 0.6 is 0 Å². The molecule has 1 heterocycles. The fraction of sp³-hybridized carbons (Fsp3) is 0.571. The largest absolute Gasteiger partial charge is 0.381 e. The molecule has 1 aliphatic heterocycles. The molecule has 112 valence electrons. The SMILES string of the molecule is CNS(=O)(=O)c1ccccc1NC1CCOC(C)(C)C1. The first-order valence-electron chi connectivity index (χ1n) is 6.77. The predicted octanol–water partition coefficient (Wildman–Crippen LogP) is 1.96. The van der Waals surface area contributed by atoms with Gasteiger partial charge in [-0.1, -0.05) is 12.1 Å². The van der Waals surface area contributed by atoms with Gasteiger partial charge in [-0.3, -0.25) is 0 Å². The van der Waals surface area contributed by atoms with Crippen LogP contribution in [0, 0.1) is 0 Å². The zero-order chi connectivity index (χ0) is 14.8. The van der Waals surface area contributed by atoms with E-state index in [9.17, 15) is 8.42 Å². The van der Waals surface area contributed by atoms with E-state index in [1.165, 1.54) is 7.05 Å². The molecule has 5 nitrogen and oxygen atoms in total. The van der Waals surface area contributed by atoms with E-state index in [0.29, 0.717) is 12.3 Å². The van der Waals surface area contributed by atoms with Crippen molar-refractivity contribution >= 4 is 15.7 Å². The summed E-state index contributed by atoms with van der Waals surface area (Å²) in [6.45, 7) is 4.79.